The van der Waals surface area contributed by atoms with Crippen LogP contribution in [0.3, 0.4) is 0 Å². The van der Waals surface area contributed by atoms with Gasteiger partial charge in [-0.1, -0.05) is 33.6 Å². The first-order valence-corrected chi connectivity index (χ1v) is 6.42. The molecule has 1 aromatic carbocycles. The quantitative estimate of drug-likeness (QED) is 0.923. The van der Waals surface area contributed by atoms with Gasteiger partial charge in [0, 0.05) is 11.0 Å². The average Bonchev–Trinajstić information content (AvgIpc) is 2.57. The molecule has 0 aliphatic carbocycles. The lowest BCUT2D eigenvalue weighted by molar-refractivity contribution is 0.817. The minimum absolute atomic E-state index is 0.471. The number of nitrogens with two attached hydrogens (primary N) is 1. The maximum absolute atomic E-state index is 6.16. The minimum Gasteiger partial charge on any atom is -0.326 e. The van der Waals surface area contributed by atoms with Crippen molar-refractivity contribution >= 4 is 27.5 Å². The van der Waals surface area contributed by atoms with Crippen LogP contribution in [-0.2, 0) is 6.54 Å². The van der Waals surface area contributed by atoms with Crippen molar-refractivity contribution in [1.29, 1.82) is 0 Å². The fraction of sp³-hybridized carbons (Fsp3) is 0.250. The van der Waals surface area contributed by atoms with Crippen molar-refractivity contribution < 1.29 is 0 Å². The summed E-state index contributed by atoms with van der Waals surface area (Å²) in [5.41, 5.74) is 9.50. The van der Waals surface area contributed by atoms with Gasteiger partial charge in [0.05, 0.1) is 22.1 Å². The summed E-state index contributed by atoms with van der Waals surface area (Å²) in [5.74, 6) is 0. The largest absolute Gasteiger partial charge is 0.326 e. The lowest BCUT2D eigenvalue weighted by Gasteiger charge is -2.10. The van der Waals surface area contributed by atoms with E-state index in [0.717, 1.165) is 27.1 Å². The number of aryl methyl sites for hydroxylation is 1. The van der Waals surface area contributed by atoms with Gasteiger partial charge in [0.2, 0.25) is 0 Å². The zero-order valence-electron chi connectivity index (χ0n) is 9.67. The van der Waals surface area contributed by atoms with Crippen molar-refractivity contribution in [2.75, 3.05) is 0 Å². The summed E-state index contributed by atoms with van der Waals surface area (Å²) < 4.78 is 2.83. The van der Waals surface area contributed by atoms with Crippen LogP contribution >= 0.6 is 27.5 Å². The normalized spacial score (nSPS) is 10.9. The van der Waals surface area contributed by atoms with E-state index in [1.165, 1.54) is 0 Å². The van der Waals surface area contributed by atoms with Crippen molar-refractivity contribution in [1.82, 2.24) is 9.78 Å². The third-order valence-electron chi connectivity index (χ3n) is 2.70. The summed E-state index contributed by atoms with van der Waals surface area (Å²) in [7, 11) is 0. The van der Waals surface area contributed by atoms with Gasteiger partial charge in [0.1, 0.15) is 0 Å². The summed E-state index contributed by atoms with van der Waals surface area (Å²) in [6.07, 6.45) is 0. The topological polar surface area (TPSA) is 43.8 Å². The van der Waals surface area contributed by atoms with Crippen LogP contribution in [0.1, 0.15) is 17.0 Å². The molecule has 2 aromatic rings. The number of aromatic nitrogens is 2. The van der Waals surface area contributed by atoms with Gasteiger partial charge in [-0.25, -0.2) is 4.68 Å². The van der Waals surface area contributed by atoms with E-state index in [9.17, 15) is 0 Å². The Labute approximate surface area is 114 Å². The smallest absolute Gasteiger partial charge is 0.0848 e. The Morgan fingerprint density at radius 1 is 1.41 bits per heavy atom. The van der Waals surface area contributed by atoms with Crippen LogP contribution in [0.2, 0.25) is 5.02 Å². The Hall–Kier alpha value is -0.840. The van der Waals surface area contributed by atoms with Gasteiger partial charge < -0.3 is 5.73 Å². The highest BCUT2D eigenvalue weighted by Gasteiger charge is 2.13. The van der Waals surface area contributed by atoms with Gasteiger partial charge in [-0.3, -0.25) is 0 Å². The molecule has 0 radical (unpaired) electrons. The van der Waals surface area contributed by atoms with E-state index >= 15 is 0 Å². The van der Waals surface area contributed by atoms with Crippen LogP contribution in [0.4, 0.5) is 0 Å². The van der Waals surface area contributed by atoms with E-state index in [1.807, 2.05) is 36.7 Å². The lowest BCUT2D eigenvalue weighted by Crippen LogP contribution is -2.07. The van der Waals surface area contributed by atoms with Gasteiger partial charge in [-0.05, 0) is 31.5 Å². The molecule has 3 nitrogen and oxygen atoms in total. The van der Waals surface area contributed by atoms with E-state index in [-0.39, 0.29) is 0 Å². The first-order chi connectivity index (χ1) is 8.04. The highest BCUT2D eigenvalue weighted by molar-refractivity contribution is 9.10. The van der Waals surface area contributed by atoms with Crippen molar-refractivity contribution in [3.05, 3.63) is 44.6 Å². The van der Waals surface area contributed by atoms with Crippen molar-refractivity contribution in [2.24, 2.45) is 5.73 Å². The molecular weight excluding hydrogens is 302 g/mol. The zero-order chi connectivity index (χ0) is 12.6. The monoisotopic (exact) mass is 313 g/mol. The number of halogens is 2. The molecule has 0 saturated carbocycles. The summed E-state index contributed by atoms with van der Waals surface area (Å²) >= 11 is 9.62. The minimum atomic E-state index is 0.471. The fourth-order valence-corrected chi connectivity index (χ4v) is 2.23. The molecule has 0 aliphatic heterocycles. The third kappa shape index (κ3) is 2.25. The molecule has 0 spiro atoms. The van der Waals surface area contributed by atoms with Crippen molar-refractivity contribution in [3.63, 3.8) is 0 Å². The lowest BCUT2D eigenvalue weighted by atomic mass is 10.2. The standard InChI is InChI=1S/C12H13BrClN3/c1-7-12(14)8(2)17(16-7)11-5-10(13)4-3-9(11)6-15/h3-5H,6,15H2,1-2H3. The maximum atomic E-state index is 6.16. The highest BCUT2D eigenvalue weighted by Crippen LogP contribution is 2.26. The summed E-state index contributed by atoms with van der Waals surface area (Å²) in [4.78, 5) is 0. The van der Waals surface area contributed by atoms with E-state index in [0.29, 0.717) is 11.6 Å². The highest BCUT2D eigenvalue weighted by atomic mass is 79.9. The van der Waals surface area contributed by atoms with Crippen LogP contribution in [0, 0.1) is 13.8 Å². The molecule has 90 valence electrons. The molecule has 0 aliphatic rings. The number of benzene rings is 1. The van der Waals surface area contributed by atoms with Gasteiger partial charge >= 0.3 is 0 Å². The molecule has 17 heavy (non-hydrogen) atoms. The average molecular weight is 315 g/mol. The number of hydrogen-bond acceptors (Lipinski definition) is 2. The Kier molecular flexibility index (Phi) is 3.56. The second kappa shape index (κ2) is 4.80. The predicted octanol–water partition coefficient (Wildman–Crippen LogP) is 3.36. The first-order valence-electron chi connectivity index (χ1n) is 5.25. The predicted molar refractivity (Wildman–Crippen MR) is 73.6 cm³/mol. The van der Waals surface area contributed by atoms with Gasteiger partial charge in [-0.2, -0.15) is 5.10 Å². The molecule has 0 bridgehead atoms. The molecule has 0 amide bonds. The van der Waals surface area contributed by atoms with E-state index in [2.05, 4.69) is 21.0 Å². The number of nitrogens with zero attached hydrogens (tertiary/aromatic N) is 2. The maximum Gasteiger partial charge on any atom is 0.0848 e. The molecular formula is C12H13BrClN3. The van der Waals surface area contributed by atoms with Gasteiger partial charge in [0.15, 0.2) is 0 Å². The van der Waals surface area contributed by atoms with E-state index in [1.54, 1.807) is 0 Å². The zero-order valence-corrected chi connectivity index (χ0v) is 12.0. The van der Waals surface area contributed by atoms with Crippen LogP contribution in [0.25, 0.3) is 5.69 Å². The van der Waals surface area contributed by atoms with Gasteiger partial charge in [0.25, 0.3) is 0 Å². The summed E-state index contributed by atoms with van der Waals surface area (Å²) in [6.45, 7) is 4.31. The molecule has 0 fully saturated rings. The molecule has 2 rings (SSSR count). The Balaban J connectivity index is 2.67. The second-order valence-electron chi connectivity index (χ2n) is 3.87. The first kappa shape index (κ1) is 12.6. The Morgan fingerprint density at radius 2 is 2.12 bits per heavy atom. The Morgan fingerprint density at radius 3 is 2.65 bits per heavy atom. The fourth-order valence-electron chi connectivity index (χ4n) is 1.77. The number of rotatable bonds is 2. The number of hydrogen-bond donors (Lipinski definition) is 1. The Bertz CT molecular complexity index is 563. The van der Waals surface area contributed by atoms with Crippen LogP contribution in [-0.4, -0.2) is 9.78 Å². The molecule has 2 N–H and O–H groups in total. The van der Waals surface area contributed by atoms with Crippen molar-refractivity contribution in [3.8, 4) is 5.69 Å². The van der Waals surface area contributed by atoms with Crippen LogP contribution in [0.5, 0.6) is 0 Å². The molecule has 0 saturated heterocycles. The second-order valence-corrected chi connectivity index (χ2v) is 5.17. The SMILES string of the molecule is Cc1nn(-c2cc(Br)ccc2CN)c(C)c1Cl. The summed E-state index contributed by atoms with van der Waals surface area (Å²) in [6, 6.07) is 5.96. The molecule has 5 heteroatoms. The molecule has 0 unspecified atom stereocenters. The molecule has 0 atom stereocenters. The third-order valence-corrected chi connectivity index (χ3v) is 3.74. The van der Waals surface area contributed by atoms with Crippen LogP contribution in [0.15, 0.2) is 22.7 Å². The molecule has 1 aromatic heterocycles. The van der Waals surface area contributed by atoms with E-state index < -0.39 is 0 Å². The van der Waals surface area contributed by atoms with Gasteiger partial charge in [-0.15, -0.1) is 0 Å². The van der Waals surface area contributed by atoms with Crippen LogP contribution < -0.4 is 5.73 Å². The van der Waals surface area contributed by atoms with E-state index in [4.69, 9.17) is 17.3 Å². The summed E-state index contributed by atoms with van der Waals surface area (Å²) in [5, 5.41) is 5.14. The molecule has 1 heterocycles. The van der Waals surface area contributed by atoms with Crippen molar-refractivity contribution in [2.45, 2.75) is 20.4 Å².